The monoisotopic (exact) mass is 269 g/mol. The molecule has 3 rings (SSSR count). The predicted octanol–water partition coefficient (Wildman–Crippen LogP) is 3.75. The maximum Gasteiger partial charge on any atom is 0.231 e. The summed E-state index contributed by atoms with van der Waals surface area (Å²) in [6.45, 7) is 2.50. The van der Waals surface area contributed by atoms with E-state index in [9.17, 15) is 0 Å². The highest BCUT2D eigenvalue weighted by Gasteiger charge is 2.14. The van der Waals surface area contributed by atoms with Gasteiger partial charge in [-0.05, 0) is 42.3 Å². The van der Waals surface area contributed by atoms with Gasteiger partial charge >= 0.3 is 0 Å². The number of ether oxygens (including phenoxy) is 2. The summed E-state index contributed by atoms with van der Waals surface area (Å²) in [4.78, 5) is 0. The second-order valence-electron chi connectivity index (χ2n) is 4.94. The Hall–Kier alpha value is -2.00. The fraction of sp³-hybridized carbons (Fsp3) is 0.294. The molecule has 0 spiro atoms. The molecule has 0 aromatic heterocycles. The van der Waals surface area contributed by atoms with E-state index in [1.165, 1.54) is 11.1 Å². The van der Waals surface area contributed by atoms with Crippen LogP contribution in [0.4, 0.5) is 0 Å². The Balaban J connectivity index is 1.87. The van der Waals surface area contributed by atoms with Gasteiger partial charge in [0.15, 0.2) is 11.5 Å². The average molecular weight is 269 g/mol. The summed E-state index contributed by atoms with van der Waals surface area (Å²) in [5, 5.41) is 3.32. The smallest absolute Gasteiger partial charge is 0.231 e. The van der Waals surface area contributed by atoms with Crippen LogP contribution in [0, 0.1) is 0 Å². The van der Waals surface area contributed by atoms with Gasteiger partial charge in [-0.1, -0.05) is 37.3 Å². The lowest BCUT2D eigenvalue weighted by Crippen LogP contribution is -2.14. The molecule has 0 fully saturated rings. The molecule has 1 aliphatic rings. The Morgan fingerprint density at radius 3 is 2.40 bits per heavy atom. The lowest BCUT2D eigenvalue weighted by Gasteiger charge is -2.14. The first kappa shape index (κ1) is 13.0. The summed E-state index contributed by atoms with van der Waals surface area (Å²) < 4.78 is 10.8. The Kier molecular flexibility index (Phi) is 3.61. The van der Waals surface area contributed by atoms with Crippen LogP contribution in [0.5, 0.6) is 11.5 Å². The van der Waals surface area contributed by atoms with Crippen LogP contribution in [0.3, 0.4) is 0 Å². The molecule has 104 valence electrons. The lowest BCUT2D eigenvalue weighted by molar-refractivity contribution is 0.174. The van der Waals surface area contributed by atoms with Crippen molar-refractivity contribution in [3.8, 4) is 22.6 Å². The number of fused-ring (bicyclic) bond motifs is 1. The fourth-order valence-corrected chi connectivity index (χ4v) is 2.59. The third-order valence-electron chi connectivity index (χ3n) is 3.78. The van der Waals surface area contributed by atoms with Crippen LogP contribution in [0.25, 0.3) is 11.1 Å². The minimum atomic E-state index is 0.318. The molecule has 0 amide bonds. The van der Waals surface area contributed by atoms with E-state index in [-0.39, 0.29) is 0 Å². The molecular formula is C17H19NO2. The predicted molar refractivity (Wildman–Crippen MR) is 80.1 cm³/mol. The maximum atomic E-state index is 5.43. The second-order valence-corrected chi connectivity index (χ2v) is 4.94. The van der Waals surface area contributed by atoms with Crippen molar-refractivity contribution in [3.05, 3.63) is 48.0 Å². The third-order valence-corrected chi connectivity index (χ3v) is 3.78. The molecule has 0 radical (unpaired) electrons. The van der Waals surface area contributed by atoms with Gasteiger partial charge < -0.3 is 14.8 Å². The first-order chi connectivity index (χ1) is 9.81. The van der Waals surface area contributed by atoms with Crippen LogP contribution in [0.15, 0.2) is 42.5 Å². The van der Waals surface area contributed by atoms with Crippen LogP contribution >= 0.6 is 0 Å². The quantitative estimate of drug-likeness (QED) is 0.917. The summed E-state index contributed by atoms with van der Waals surface area (Å²) in [5.74, 6) is 1.65. The van der Waals surface area contributed by atoms with Crippen molar-refractivity contribution >= 4 is 0 Å². The van der Waals surface area contributed by atoms with Gasteiger partial charge in [-0.3, -0.25) is 0 Å². The number of rotatable bonds is 4. The van der Waals surface area contributed by atoms with Crippen molar-refractivity contribution in [2.24, 2.45) is 0 Å². The third kappa shape index (κ3) is 2.37. The van der Waals surface area contributed by atoms with Crippen molar-refractivity contribution in [2.45, 2.75) is 19.4 Å². The van der Waals surface area contributed by atoms with E-state index in [4.69, 9.17) is 9.47 Å². The molecule has 1 atom stereocenters. The molecule has 3 heteroatoms. The number of hydrogen-bond acceptors (Lipinski definition) is 3. The van der Waals surface area contributed by atoms with Crippen molar-refractivity contribution in [2.75, 3.05) is 13.8 Å². The van der Waals surface area contributed by atoms with Crippen molar-refractivity contribution < 1.29 is 9.47 Å². The van der Waals surface area contributed by atoms with E-state index < -0.39 is 0 Å². The Morgan fingerprint density at radius 1 is 1.00 bits per heavy atom. The number of nitrogens with one attached hydrogen (secondary N) is 1. The number of benzene rings is 2. The molecule has 2 aromatic rings. The van der Waals surface area contributed by atoms with Crippen molar-refractivity contribution in [1.29, 1.82) is 0 Å². The van der Waals surface area contributed by atoms with E-state index in [2.05, 4.69) is 42.6 Å². The molecule has 1 unspecified atom stereocenters. The van der Waals surface area contributed by atoms with Crippen LogP contribution in [-0.2, 0) is 0 Å². The summed E-state index contributed by atoms with van der Waals surface area (Å²) in [7, 11) is 2.00. The van der Waals surface area contributed by atoms with Gasteiger partial charge in [-0.15, -0.1) is 0 Å². The van der Waals surface area contributed by atoms with Crippen molar-refractivity contribution in [1.82, 2.24) is 5.32 Å². The van der Waals surface area contributed by atoms with E-state index >= 15 is 0 Å². The average Bonchev–Trinajstić information content (AvgIpc) is 2.96. The first-order valence-corrected chi connectivity index (χ1v) is 6.99. The zero-order chi connectivity index (χ0) is 13.9. The van der Waals surface area contributed by atoms with Gasteiger partial charge in [0.05, 0.1) is 0 Å². The minimum absolute atomic E-state index is 0.318. The fourth-order valence-electron chi connectivity index (χ4n) is 2.59. The van der Waals surface area contributed by atoms with E-state index in [1.54, 1.807) is 0 Å². The van der Waals surface area contributed by atoms with E-state index in [1.807, 2.05) is 19.2 Å². The maximum absolute atomic E-state index is 5.43. The van der Waals surface area contributed by atoms with Gasteiger partial charge in [-0.25, -0.2) is 0 Å². The standard InChI is InChI=1S/C17H19NO2/c1-3-15(18-2)13-6-4-12(5-7-13)14-8-9-16-17(10-14)20-11-19-16/h4-10,15,18H,3,11H2,1-2H3. The van der Waals surface area contributed by atoms with Gasteiger partial charge in [0, 0.05) is 6.04 Å². The highest BCUT2D eigenvalue weighted by atomic mass is 16.7. The molecule has 0 saturated carbocycles. The van der Waals surface area contributed by atoms with Crippen molar-refractivity contribution in [3.63, 3.8) is 0 Å². The van der Waals surface area contributed by atoms with Crippen LogP contribution in [0.1, 0.15) is 24.9 Å². The molecule has 1 aliphatic heterocycles. The highest BCUT2D eigenvalue weighted by molar-refractivity contribution is 5.67. The molecule has 0 aliphatic carbocycles. The largest absolute Gasteiger partial charge is 0.454 e. The first-order valence-electron chi connectivity index (χ1n) is 6.99. The highest BCUT2D eigenvalue weighted by Crippen LogP contribution is 2.36. The summed E-state index contributed by atoms with van der Waals surface area (Å²) in [6.07, 6.45) is 1.08. The molecule has 2 aromatic carbocycles. The van der Waals surface area contributed by atoms with Gasteiger partial charge in [-0.2, -0.15) is 0 Å². The Morgan fingerprint density at radius 2 is 1.70 bits per heavy atom. The second kappa shape index (κ2) is 5.55. The molecule has 0 bridgehead atoms. The summed E-state index contributed by atoms with van der Waals surface area (Å²) in [6, 6.07) is 15.2. The van der Waals surface area contributed by atoms with E-state index in [0.29, 0.717) is 12.8 Å². The van der Waals surface area contributed by atoms with Crippen LogP contribution in [0.2, 0.25) is 0 Å². The molecule has 0 saturated heterocycles. The normalized spacial score (nSPS) is 14.3. The van der Waals surface area contributed by atoms with Gasteiger partial charge in [0.1, 0.15) is 0 Å². The SMILES string of the molecule is CCC(NC)c1ccc(-c2ccc3c(c2)OCO3)cc1. The molecule has 3 nitrogen and oxygen atoms in total. The molecule has 1 N–H and O–H groups in total. The van der Waals surface area contributed by atoms with Gasteiger partial charge in [0.2, 0.25) is 6.79 Å². The number of hydrogen-bond donors (Lipinski definition) is 1. The lowest BCUT2D eigenvalue weighted by atomic mass is 9.99. The van der Waals surface area contributed by atoms with Crippen LogP contribution < -0.4 is 14.8 Å². The van der Waals surface area contributed by atoms with E-state index in [0.717, 1.165) is 23.5 Å². The topological polar surface area (TPSA) is 30.5 Å². The zero-order valence-electron chi connectivity index (χ0n) is 11.8. The Bertz CT molecular complexity index is 588. The Labute approximate surface area is 119 Å². The zero-order valence-corrected chi connectivity index (χ0v) is 11.8. The summed E-state index contributed by atoms with van der Waals surface area (Å²) >= 11 is 0. The molecule has 20 heavy (non-hydrogen) atoms. The van der Waals surface area contributed by atoms with Gasteiger partial charge in [0.25, 0.3) is 0 Å². The minimum Gasteiger partial charge on any atom is -0.454 e. The molecule has 1 heterocycles. The summed E-state index contributed by atoms with van der Waals surface area (Å²) in [5.41, 5.74) is 3.66. The van der Waals surface area contributed by atoms with Crippen LogP contribution in [-0.4, -0.2) is 13.8 Å². The molecular weight excluding hydrogens is 250 g/mol.